The van der Waals surface area contributed by atoms with Crippen LogP contribution in [0.15, 0.2) is 76.7 Å². The first-order valence-electron chi connectivity index (χ1n) is 11.4. The zero-order valence-electron chi connectivity index (χ0n) is 18.6. The van der Waals surface area contributed by atoms with Crippen molar-refractivity contribution in [1.29, 1.82) is 0 Å². The molecule has 1 aromatic heterocycles. The Morgan fingerprint density at radius 1 is 1.03 bits per heavy atom. The van der Waals surface area contributed by atoms with Crippen LogP contribution in [-0.4, -0.2) is 21.2 Å². The maximum Gasteiger partial charge on any atom is 0.269 e. The standard InChI is InChI=1S/C27H24FN3O2S/c28-22-11-5-12-23-25(22)26(33)31(21-9-2-1-3-10-21)27(30-23)34-16-6-13-24(32)29-20-15-14-18-7-4-8-19(18)17-20/h1-3,5,9-12,14-15,17H,4,6-8,13,16H2,(H,29,32). The summed E-state index contributed by atoms with van der Waals surface area (Å²) in [6, 6.07) is 19.7. The van der Waals surface area contributed by atoms with E-state index in [2.05, 4.69) is 22.4 Å². The molecule has 7 heteroatoms. The van der Waals surface area contributed by atoms with Crippen molar-refractivity contribution in [2.75, 3.05) is 11.1 Å². The smallest absolute Gasteiger partial charge is 0.269 e. The molecule has 0 unspecified atom stereocenters. The molecule has 0 saturated heterocycles. The van der Waals surface area contributed by atoms with Crippen molar-refractivity contribution in [1.82, 2.24) is 9.55 Å². The number of benzene rings is 3. The fourth-order valence-corrected chi connectivity index (χ4v) is 5.29. The highest BCUT2D eigenvalue weighted by molar-refractivity contribution is 7.99. The molecular formula is C27H24FN3O2S. The number of thioether (sulfide) groups is 1. The minimum Gasteiger partial charge on any atom is -0.326 e. The Hall–Kier alpha value is -3.45. The quantitative estimate of drug-likeness (QED) is 0.218. The van der Waals surface area contributed by atoms with Gasteiger partial charge in [-0.3, -0.25) is 14.2 Å². The Morgan fingerprint density at radius 3 is 2.71 bits per heavy atom. The van der Waals surface area contributed by atoms with E-state index in [1.54, 1.807) is 24.3 Å². The van der Waals surface area contributed by atoms with E-state index in [-0.39, 0.29) is 11.3 Å². The average molecular weight is 474 g/mol. The number of rotatable bonds is 7. The second-order valence-electron chi connectivity index (χ2n) is 8.34. The number of carbonyl (C=O) groups is 1. The largest absolute Gasteiger partial charge is 0.326 e. The third-order valence-corrected chi connectivity index (χ3v) is 7.02. The fourth-order valence-electron chi connectivity index (χ4n) is 4.34. The van der Waals surface area contributed by atoms with E-state index in [1.165, 1.54) is 39.9 Å². The lowest BCUT2D eigenvalue weighted by Gasteiger charge is -2.13. The van der Waals surface area contributed by atoms with E-state index in [9.17, 15) is 14.0 Å². The van der Waals surface area contributed by atoms with Gasteiger partial charge in [0.05, 0.1) is 11.2 Å². The van der Waals surface area contributed by atoms with Gasteiger partial charge in [0, 0.05) is 17.9 Å². The highest BCUT2D eigenvalue weighted by Gasteiger charge is 2.16. The minimum absolute atomic E-state index is 0.0237. The van der Waals surface area contributed by atoms with Gasteiger partial charge in [-0.05, 0) is 73.2 Å². The maximum atomic E-state index is 14.4. The van der Waals surface area contributed by atoms with E-state index < -0.39 is 11.4 Å². The van der Waals surface area contributed by atoms with E-state index in [4.69, 9.17) is 0 Å². The van der Waals surface area contributed by atoms with Gasteiger partial charge in [-0.1, -0.05) is 42.1 Å². The molecule has 0 aliphatic heterocycles. The van der Waals surface area contributed by atoms with Crippen LogP contribution in [0.5, 0.6) is 0 Å². The van der Waals surface area contributed by atoms with Crippen molar-refractivity contribution in [3.05, 3.63) is 94.0 Å². The molecule has 1 aliphatic rings. The molecule has 5 rings (SSSR count). The number of nitrogens with one attached hydrogen (secondary N) is 1. The summed E-state index contributed by atoms with van der Waals surface area (Å²) < 4.78 is 15.9. The van der Waals surface area contributed by atoms with Crippen LogP contribution >= 0.6 is 11.8 Å². The summed E-state index contributed by atoms with van der Waals surface area (Å²) in [5.41, 5.74) is 4.06. The van der Waals surface area contributed by atoms with Gasteiger partial charge in [0.15, 0.2) is 5.16 Å². The Balaban J connectivity index is 1.29. The lowest BCUT2D eigenvalue weighted by atomic mass is 10.1. The molecule has 1 heterocycles. The second-order valence-corrected chi connectivity index (χ2v) is 9.40. The van der Waals surface area contributed by atoms with Crippen molar-refractivity contribution < 1.29 is 9.18 Å². The number of para-hydroxylation sites is 1. The van der Waals surface area contributed by atoms with Crippen LogP contribution in [0.3, 0.4) is 0 Å². The zero-order valence-corrected chi connectivity index (χ0v) is 19.4. The first-order valence-corrected chi connectivity index (χ1v) is 12.4. The average Bonchev–Trinajstić information content (AvgIpc) is 3.30. The monoisotopic (exact) mass is 473 g/mol. The Bertz CT molecular complexity index is 1420. The summed E-state index contributed by atoms with van der Waals surface area (Å²) in [4.78, 5) is 30.2. The second kappa shape index (κ2) is 9.81. The number of aryl methyl sites for hydroxylation is 2. The van der Waals surface area contributed by atoms with Gasteiger partial charge in [-0.15, -0.1) is 0 Å². The molecule has 1 N–H and O–H groups in total. The number of anilines is 1. The lowest BCUT2D eigenvalue weighted by molar-refractivity contribution is -0.116. The predicted molar refractivity (Wildman–Crippen MR) is 134 cm³/mol. The Labute approximate surface area is 201 Å². The molecule has 0 saturated carbocycles. The zero-order chi connectivity index (χ0) is 23.5. The van der Waals surface area contributed by atoms with Crippen LogP contribution in [0.1, 0.15) is 30.4 Å². The normalized spacial score (nSPS) is 12.6. The van der Waals surface area contributed by atoms with E-state index >= 15 is 0 Å². The molecule has 1 amide bonds. The fraction of sp³-hybridized carbons (Fsp3) is 0.222. The number of amides is 1. The van der Waals surface area contributed by atoms with Crippen molar-refractivity contribution in [3.8, 4) is 5.69 Å². The summed E-state index contributed by atoms with van der Waals surface area (Å²) >= 11 is 1.39. The van der Waals surface area contributed by atoms with Gasteiger partial charge in [0.25, 0.3) is 5.56 Å². The molecule has 0 fully saturated rings. The molecule has 0 radical (unpaired) electrons. The van der Waals surface area contributed by atoms with Crippen LogP contribution in [0, 0.1) is 5.82 Å². The molecule has 4 aromatic rings. The number of nitrogens with zero attached hydrogens (tertiary/aromatic N) is 2. The van der Waals surface area contributed by atoms with Gasteiger partial charge < -0.3 is 5.32 Å². The summed E-state index contributed by atoms with van der Waals surface area (Å²) in [6.45, 7) is 0. The number of aromatic nitrogens is 2. The van der Waals surface area contributed by atoms with Crippen LogP contribution in [-0.2, 0) is 17.6 Å². The van der Waals surface area contributed by atoms with Crippen molar-refractivity contribution in [3.63, 3.8) is 0 Å². The molecule has 0 spiro atoms. The molecule has 3 aromatic carbocycles. The highest BCUT2D eigenvalue weighted by Crippen LogP contribution is 2.26. The van der Waals surface area contributed by atoms with Crippen LogP contribution in [0.4, 0.5) is 10.1 Å². The number of carbonyl (C=O) groups excluding carboxylic acids is 1. The highest BCUT2D eigenvalue weighted by atomic mass is 32.2. The molecule has 172 valence electrons. The number of halogens is 1. The van der Waals surface area contributed by atoms with Gasteiger partial charge in [-0.25, -0.2) is 9.37 Å². The van der Waals surface area contributed by atoms with Crippen molar-refractivity contribution in [2.24, 2.45) is 0 Å². The first-order chi connectivity index (χ1) is 16.6. The molecule has 1 aliphatic carbocycles. The molecular weight excluding hydrogens is 449 g/mol. The summed E-state index contributed by atoms with van der Waals surface area (Å²) in [5, 5.41) is 3.44. The third-order valence-electron chi connectivity index (χ3n) is 5.99. The lowest BCUT2D eigenvalue weighted by Crippen LogP contribution is -2.22. The Kier molecular flexibility index (Phi) is 6.45. The Morgan fingerprint density at radius 2 is 1.85 bits per heavy atom. The summed E-state index contributed by atoms with van der Waals surface area (Å²) in [6.07, 6.45) is 4.34. The molecule has 0 bridgehead atoms. The molecule has 5 nitrogen and oxygen atoms in total. The number of hydrogen-bond acceptors (Lipinski definition) is 4. The molecule has 0 atom stereocenters. The number of fused-ring (bicyclic) bond motifs is 2. The predicted octanol–water partition coefficient (Wildman–Crippen LogP) is 5.52. The van der Waals surface area contributed by atoms with Crippen LogP contribution in [0.25, 0.3) is 16.6 Å². The van der Waals surface area contributed by atoms with Crippen LogP contribution < -0.4 is 10.9 Å². The maximum absolute atomic E-state index is 14.4. The van der Waals surface area contributed by atoms with E-state index in [0.717, 1.165) is 18.5 Å². The summed E-state index contributed by atoms with van der Waals surface area (Å²) in [5.74, 6) is -0.0236. The van der Waals surface area contributed by atoms with Crippen LogP contribution in [0.2, 0.25) is 0 Å². The van der Waals surface area contributed by atoms with Gasteiger partial charge in [-0.2, -0.15) is 0 Å². The van der Waals surface area contributed by atoms with Gasteiger partial charge in [0.1, 0.15) is 11.2 Å². The SMILES string of the molecule is O=C(CCCSc1nc2cccc(F)c2c(=O)n1-c1ccccc1)Nc1ccc2c(c1)CCC2. The number of hydrogen-bond donors (Lipinski definition) is 1. The third kappa shape index (κ3) is 4.61. The van der Waals surface area contributed by atoms with Gasteiger partial charge >= 0.3 is 0 Å². The molecule has 34 heavy (non-hydrogen) atoms. The topological polar surface area (TPSA) is 64.0 Å². The van der Waals surface area contributed by atoms with Crippen molar-refractivity contribution in [2.45, 2.75) is 37.3 Å². The van der Waals surface area contributed by atoms with Gasteiger partial charge in [0.2, 0.25) is 5.91 Å². The van der Waals surface area contributed by atoms with Crippen molar-refractivity contribution >= 4 is 34.3 Å². The first kappa shape index (κ1) is 22.3. The summed E-state index contributed by atoms with van der Waals surface area (Å²) in [7, 11) is 0. The van der Waals surface area contributed by atoms with E-state index in [1.807, 2.05) is 24.3 Å². The minimum atomic E-state index is -0.584. The van der Waals surface area contributed by atoms with E-state index in [0.29, 0.717) is 35.0 Å².